The summed E-state index contributed by atoms with van der Waals surface area (Å²) in [6.07, 6.45) is -1.57. The van der Waals surface area contributed by atoms with Gasteiger partial charge in [0, 0.05) is 16.3 Å². The zero-order valence-electron chi connectivity index (χ0n) is 9.52. The Morgan fingerprint density at radius 3 is 2.50 bits per heavy atom. The average molecular weight is 265 g/mol. The topological polar surface area (TPSA) is 0 Å². The molecule has 0 aliphatic rings. The lowest BCUT2D eigenvalue weighted by Crippen LogP contribution is -2.29. The molecule has 1 rings (SSSR count). The fourth-order valence-electron chi connectivity index (χ4n) is 1.31. The second-order valence-electron chi connectivity index (χ2n) is 4.47. The summed E-state index contributed by atoms with van der Waals surface area (Å²) in [4.78, 5) is 0.647. The van der Waals surface area contributed by atoms with Crippen LogP contribution in [0.2, 0.25) is 5.02 Å². The number of alkyl halides is 2. The molecule has 0 spiro atoms. The van der Waals surface area contributed by atoms with Crippen LogP contribution in [-0.4, -0.2) is 11.8 Å². The van der Waals surface area contributed by atoms with E-state index in [0.717, 1.165) is 5.56 Å². The predicted molar refractivity (Wildman–Crippen MR) is 67.2 cm³/mol. The Morgan fingerprint density at radius 2 is 2.00 bits per heavy atom. The molecular formula is C12H15ClF2S. The van der Waals surface area contributed by atoms with E-state index in [0.29, 0.717) is 15.5 Å². The van der Waals surface area contributed by atoms with Crippen molar-refractivity contribution in [2.24, 2.45) is 0 Å². The van der Waals surface area contributed by atoms with Gasteiger partial charge >= 0.3 is 0 Å². The van der Waals surface area contributed by atoms with Crippen molar-refractivity contribution in [3.63, 3.8) is 0 Å². The minimum atomic E-state index is -1.85. The monoisotopic (exact) mass is 264 g/mol. The summed E-state index contributed by atoms with van der Waals surface area (Å²) in [5.41, 5.74) is -0.333. The molecule has 16 heavy (non-hydrogen) atoms. The van der Waals surface area contributed by atoms with Gasteiger partial charge in [-0.1, -0.05) is 11.6 Å². The SMILES string of the molecule is Cc1cc(S)c(CC(F)C(C)(C)F)cc1Cl. The normalized spacial score (nSPS) is 13.9. The largest absolute Gasteiger partial charge is 0.244 e. The highest BCUT2D eigenvalue weighted by atomic mass is 35.5. The van der Waals surface area contributed by atoms with E-state index in [9.17, 15) is 8.78 Å². The van der Waals surface area contributed by atoms with Gasteiger partial charge in [-0.25, -0.2) is 8.78 Å². The average Bonchev–Trinajstić information content (AvgIpc) is 2.12. The Bertz CT molecular complexity index is 385. The van der Waals surface area contributed by atoms with E-state index in [4.69, 9.17) is 11.6 Å². The zero-order chi connectivity index (χ0) is 12.5. The maximum absolute atomic E-state index is 13.6. The number of thiol groups is 1. The number of hydrogen-bond donors (Lipinski definition) is 1. The quantitative estimate of drug-likeness (QED) is 0.760. The van der Waals surface area contributed by atoms with Crippen LogP contribution in [0, 0.1) is 6.92 Å². The molecule has 0 bridgehead atoms. The van der Waals surface area contributed by atoms with E-state index in [1.165, 1.54) is 13.8 Å². The van der Waals surface area contributed by atoms with Gasteiger partial charge in [-0.05, 0) is 44.0 Å². The summed E-state index contributed by atoms with van der Waals surface area (Å²) in [5.74, 6) is 0. The zero-order valence-corrected chi connectivity index (χ0v) is 11.2. The summed E-state index contributed by atoms with van der Waals surface area (Å²) in [6.45, 7) is 4.30. The smallest absolute Gasteiger partial charge is 0.137 e. The number of rotatable bonds is 3. The number of hydrogen-bond acceptors (Lipinski definition) is 1. The lowest BCUT2D eigenvalue weighted by Gasteiger charge is -2.20. The molecule has 0 heterocycles. The fourth-order valence-corrected chi connectivity index (χ4v) is 1.84. The van der Waals surface area contributed by atoms with Crippen LogP contribution >= 0.6 is 24.2 Å². The van der Waals surface area contributed by atoms with Crippen LogP contribution in [0.4, 0.5) is 8.78 Å². The van der Waals surface area contributed by atoms with Crippen molar-refractivity contribution in [1.29, 1.82) is 0 Å². The predicted octanol–water partition coefficient (Wildman–Crippen LogP) is 4.57. The third-order valence-corrected chi connectivity index (χ3v) is 3.33. The second-order valence-corrected chi connectivity index (χ2v) is 5.36. The molecule has 0 saturated heterocycles. The third kappa shape index (κ3) is 3.36. The van der Waals surface area contributed by atoms with Crippen molar-refractivity contribution in [3.8, 4) is 0 Å². The maximum Gasteiger partial charge on any atom is 0.137 e. The molecule has 1 aromatic rings. The maximum atomic E-state index is 13.6. The first-order valence-corrected chi connectivity index (χ1v) is 5.85. The third-order valence-electron chi connectivity index (χ3n) is 2.50. The van der Waals surface area contributed by atoms with Crippen molar-refractivity contribution >= 4 is 24.2 Å². The Labute approximate surface area is 105 Å². The summed E-state index contributed by atoms with van der Waals surface area (Å²) >= 11 is 10.2. The van der Waals surface area contributed by atoms with Gasteiger partial charge in [-0.15, -0.1) is 12.6 Å². The standard InChI is InChI=1S/C12H15ClF2S/c1-7-4-10(16)8(5-9(7)13)6-11(14)12(2,3)15/h4-5,11,16H,6H2,1-3H3. The fraction of sp³-hybridized carbons (Fsp3) is 0.500. The molecule has 0 nitrogen and oxygen atoms in total. The molecule has 0 aromatic heterocycles. The number of halogens is 3. The van der Waals surface area contributed by atoms with Crippen molar-refractivity contribution in [3.05, 3.63) is 28.3 Å². The molecule has 0 saturated carbocycles. The van der Waals surface area contributed by atoms with Gasteiger partial charge in [0.15, 0.2) is 0 Å². The molecule has 90 valence electrons. The molecule has 0 aliphatic heterocycles. The van der Waals surface area contributed by atoms with Gasteiger partial charge in [-0.2, -0.15) is 0 Å². The van der Waals surface area contributed by atoms with Gasteiger partial charge in [0.05, 0.1) is 0 Å². The van der Waals surface area contributed by atoms with Crippen LogP contribution < -0.4 is 0 Å². The van der Waals surface area contributed by atoms with Crippen molar-refractivity contribution in [1.82, 2.24) is 0 Å². The van der Waals surface area contributed by atoms with Gasteiger partial charge in [-0.3, -0.25) is 0 Å². The highest BCUT2D eigenvalue weighted by Crippen LogP contribution is 2.28. The Kier molecular flexibility index (Phi) is 4.24. The van der Waals surface area contributed by atoms with Gasteiger partial charge in [0.2, 0.25) is 0 Å². The molecule has 1 unspecified atom stereocenters. The lowest BCUT2D eigenvalue weighted by atomic mass is 9.97. The molecule has 0 radical (unpaired) electrons. The van der Waals surface area contributed by atoms with Gasteiger partial charge in [0.1, 0.15) is 11.8 Å². The number of benzene rings is 1. The second kappa shape index (κ2) is 4.92. The highest BCUT2D eigenvalue weighted by molar-refractivity contribution is 7.80. The summed E-state index contributed by atoms with van der Waals surface area (Å²) < 4.78 is 26.9. The first kappa shape index (κ1) is 13.8. The van der Waals surface area contributed by atoms with Crippen LogP contribution in [-0.2, 0) is 6.42 Å². The van der Waals surface area contributed by atoms with E-state index in [1.54, 1.807) is 12.1 Å². The minimum absolute atomic E-state index is 0.0116. The minimum Gasteiger partial charge on any atom is -0.244 e. The molecule has 0 aliphatic carbocycles. The first-order valence-electron chi connectivity index (χ1n) is 5.02. The van der Waals surface area contributed by atoms with Crippen LogP contribution in [0.15, 0.2) is 17.0 Å². The summed E-state index contributed by atoms with van der Waals surface area (Å²) in [5, 5.41) is 0.552. The van der Waals surface area contributed by atoms with Crippen molar-refractivity contribution < 1.29 is 8.78 Å². The van der Waals surface area contributed by atoms with Crippen molar-refractivity contribution in [2.45, 2.75) is 43.9 Å². The Morgan fingerprint density at radius 1 is 1.44 bits per heavy atom. The van der Waals surface area contributed by atoms with Crippen LogP contribution in [0.3, 0.4) is 0 Å². The first-order chi connectivity index (χ1) is 7.21. The summed E-state index contributed by atoms with van der Waals surface area (Å²) in [6, 6.07) is 3.41. The molecular weight excluding hydrogens is 250 g/mol. The molecule has 1 aromatic carbocycles. The van der Waals surface area contributed by atoms with E-state index in [-0.39, 0.29) is 6.42 Å². The Balaban J connectivity index is 2.94. The van der Waals surface area contributed by atoms with Crippen LogP contribution in [0.5, 0.6) is 0 Å². The van der Waals surface area contributed by atoms with Crippen molar-refractivity contribution in [2.75, 3.05) is 0 Å². The molecule has 1 atom stereocenters. The molecule has 4 heteroatoms. The summed E-state index contributed by atoms with van der Waals surface area (Å²) in [7, 11) is 0. The molecule has 0 fully saturated rings. The highest BCUT2D eigenvalue weighted by Gasteiger charge is 2.29. The molecule has 0 N–H and O–H groups in total. The number of aryl methyl sites for hydroxylation is 1. The van der Waals surface area contributed by atoms with Crippen LogP contribution in [0.25, 0.3) is 0 Å². The van der Waals surface area contributed by atoms with Gasteiger partial charge < -0.3 is 0 Å². The molecule has 0 amide bonds. The van der Waals surface area contributed by atoms with Crippen LogP contribution in [0.1, 0.15) is 25.0 Å². The van der Waals surface area contributed by atoms with E-state index in [2.05, 4.69) is 12.6 Å². The lowest BCUT2D eigenvalue weighted by molar-refractivity contribution is 0.0849. The van der Waals surface area contributed by atoms with E-state index >= 15 is 0 Å². The van der Waals surface area contributed by atoms with E-state index < -0.39 is 11.8 Å². The van der Waals surface area contributed by atoms with Gasteiger partial charge in [0.25, 0.3) is 0 Å². The van der Waals surface area contributed by atoms with E-state index in [1.807, 2.05) is 6.92 Å². The Hall–Kier alpha value is -0.280.